The Hall–Kier alpha value is -16.1. The van der Waals surface area contributed by atoms with Gasteiger partial charge in [0.1, 0.15) is 63.6 Å². The van der Waals surface area contributed by atoms with Gasteiger partial charge in [0.25, 0.3) is 0 Å². The molecule has 4 aromatic heterocycles. The van der Waals surface area contributed by atoms with Crippen molar-refractivity contribution in [1.29, 1.82) is 0 Å². The standard InChI is InChI=1S/2C25H21ClF2N6O2.C25H22ClFN6O2.C22H18N4O3/c26-18-11-15(1-4-19(18)27)31-25(35)32-16-2-5-20(28)23(12-16)36-17-3-6-21-22(13-17)33-24(14-30-21)34-9-7-29-8-10-34;26-18-4-1-15(11-20(18)28)31-25(35)32-16-2-5-19(27)23(12-16)36-17-3-6-21-22(13-17)33-24(14-30-21)34-9-7-29-8-10-34;26-16-1-3-17(4-2-16)30-25(34)31-18-5-7-20(27)23(13-18)35-19-6-8-21-22(14-19)32-24(15-29-21)33-11-9-28-10-12-33;1-28-17-7-5-15(6-8-17)25-22(27)26-16-3-2-4-18(13-16)29-19-9-10-20-21(14-19)24-12-11-23-20/h2*1-6,11-14,29H,7-10H2,(H2,31,32,35);1-8,13-15,28H,9-12H2,(H2,30,31,34);2-14H,1H3,(H2,25,26,27). The maximum absolute atomic E-state index is 14.5. The summed E-state index contributed by atoms with van der Waals surface area (Å²) in [6, 6.07) is 59.4. The van der Waals surface area contributed by atoms with Crippen LogP contribution in [0.25, 0.3) is 44.1 Å². The van der Waals surface area contributed by atoms with E-state index in [1.807, 2.05) is 24.3 Å². The fourth-order valence-corrected chi connectivity index (χ4v) is 14.4. The molecule has 7 heterocycles. The number of halogens is 8. The van der Waals surface area contributed by atoms with Crippen LogP contribution in [0.5, 0.6) is 51.7 Å². The molecule has 136 heavy (non-hydrogen) atoms. The first-order valence-corrected chi connectivity index (χ1v) is 43.5. The third-order valence-electron chi connectivity index (χ3n) is 20.6. The summed E-state index contributed by atoms with van der Waals surface area (Å²) >= 11 is 17.3. The van der Waals surface area contributed by atoms with E-state index in [-0.39, 0.29) is 44.7 Å². The van der Waals surface area contributed by atoms with Crippen LogP contribution < -0.4 is 96.9 Å². The molecule has 3 aliphatic heterocycles. The number of hydrogen-bond acceptors (Lipinski definition) is 23. The van der Waals surface area contributed by atoms with Gasteiger partial charge in [0.2, 0.25) is 0 Å². The molecule has 11 N–H and O–H groups in total. The highest BCUT2D eigenvalue weighted by Crippen LogP contribution is 2.36. The highest BCUT2D eigenvalue weighted by atomic mass is 35.5. The average Bonchev–Trinajstić information content (AvgIpc) is 0.811. The number of urea groups is 4. The van der Waals surface area contributed by atoms with E-state index in [0.29, 0.717) is 101 Å². The molecule has 0 bridgehead atoms. The molecule has 0 saturated carbocycles. The zero-order valence-electron chi connectivity index (χ0n) is 72.0. The largest absolute Gasteiger partial charge is 0.497 e. The summed E-state index contributed by atoms with van der Waals surface area (Å²) in [5.41, 5.74) is 8.81. The molecular formula is C97H82Cl3F5N22O9. The first-order chi connectivity index (χ1) is 66.1. The van der Waals surface area contributed by atoms with Crippen LogP contribution in [0.15, 0.2) is 268 Å². The third kappa shape index (κ3) is 25.6. The molecule has 19 rings (SSSR count). The molecule has 39 heteroatoms. The lowest BCUT2D eigenvalue weighted by molar-refractivity contribution is 0.261. The van der Waals surface area contributed by atoms with Crippen molar-refractivity contribution in [2.45, 2.75) is 0 Å². The Morgan fingerprint density at radius 3 is 1.01 bits per heavy atom. The predicted octanol–water partition coefficient (Wildman–Crippen LogP) is 21.2. The lowest BCUT2D eigenvalue weighted by atomic mass is 10.2. The normalized spacial score (nSPS) is 12.8. The van der Waals surface area contributed by atoms with E-state index >= 15 is 0 Å². The van der Waals surface area contributed by atoms with Gasteiger partial charge in [-0.2, -0.15) is 0 Å². The number of carbonyl (C=O) groups excluding carboxylic acids is 4. The van der Waals surface area contributed by atoms with Crippen molar-refractivity contribution in [3.63, 3.8) is 0 Å². The van der Waals surface area contributed by atoms with E-state index in [1.165, 1.54) is 78.9 Å². The van der Waals surface area contributed by atoms with Crippen molar-refractivity contribution in [2.75, 3.05) is 143 Å². The zero-order valence-corrected chi connectivity index (χ0v) is 74.3. The molecule has 690 valence electrons. The second-order valence-electron chi connectivity index (χ2n) is 30.2. The summed E-state index contributed by atoms with van der Waals surface area (Å²) < 4.78 is 98.8. The van der Waals surface area contributed by atoms with Crippen LogP contribution in [0.3, 0.4) is 0 Å². The Morgan fingerprint density at radius 1 is 0.294 bits per heavy atom. The summed E-state index contributed by atoms with van der Waals surface area (Å²) in [5, 5.41) is 31.4. The number of nitrogens with zero attached hydrogens (tertiary/aromatic N) is 11. The monoisotopic (exact) mass is 1900 g/mol. The van der Waals surface area contributed by atoms with Crippen molar-refractivity contribution in [3.05, 3.63) is 312 Å². The number of methoxy groups -OCH3 is 1. The van der Waals surface area contributed by atoms with E-state index in [1.54, 1.807) is 159 Å². The molecule has 3 aliphatic rings. The van der Waals surface area contributed by atoms with Crippen LogP contribution in [0.4, 0.5) is 104 Å². The van der Waals surface area contributed by atoms with E-state index in [4.69, 9.17) is 73.4 Å². The molecule has 8 amide bonds. The molecule has 0 atom stereocenters. The van der Waals surface area contributed by atoms with Crippen molar-refractivity contribution in [1.82, 2.24) is 55.8 Å². The van der Waals surface area contributed by atoms with Crippen LogP contribution in [0, 0.1) is 29.1 Å². The van der Waals surface area contributed by atoms with E-state index in [9.17, 15) is 41.1 Å². The number of fused-ring (bicyclic) bond motifs is 4. The number of piperazine rings is 3. The van der Waals surface area contributed by atoms with Gasteiger partial charge in [-0.05, 0) is 182 Å². The first-order valence-electron chi connectivity index (χ1n) is 42.3. The summed E-state index contributed by atoms with van der Waals surface area (Å²) in [4.78, 5) is 91.7. The third-order valence-corrected chi connectivity index (χ3v) is 21.5. The van der Waals surface area contributed by atoms with Gasteiger partial charge in [0.15, 0.2) is 34.7 Å². The highest BCUT2D eigenvalue weighted by Gasteiger charge is 2.21. The highest BCUT2D eigenvalue weighted by molar-refractivity contribution is 6.31. The molecule has 0 radical (unpaired) electrons. The second kappa shape index (κ2) is 44.4. The molecule has 3 fully saturated rings. The van der Waals surface area contributed by atoms with E-state index in [0.717, 1.165) is 125 Å². The molecule has 0 spiro atoms. The van der Waals surface area contributed by atoms with E-state index in [2.05, 4.69) is 98.1 Å². The topological polar surface area (TPSA) is 360 Å². The van der Waals surface area contributed by atoms with Gasteiger partial charge >= 0.3 is 24.1 Å². The molecule has 0 unspecified atom stereocenters. The summed E-state index contributed by atoms with van der Waals surface area (Å²) in [5.74, 6) is 2.20. The number of aromatic nitrogens is 8. The smallest absolute Gasteiger partial charge is 0.323 e. The van der Waals surface area contributed by atoms with Crippen molar-refractivity contribution in [3.8, 4) is 51.7 Å². The fraction of sp³-hybridized carbons (Fsp3) is 0.134. The number of carbonyl (C=O) groups is 4. The molecule has 0 aliphatic carbocycles. The minimum absolute atomic E-state index is 0.0279. The Labute approximate surface area is 788 Å². The van der Waals surface area contributed by atoms with Crippen LogP contribution in [0.2, 0.25) is 15.1 Å². The maximum atomic E-state index is 14.5. The lowest BCUT2D eigenvalue weighted by Crippen LogP contribution is -2.43. The first kappa shape index (κ1) is 93.1. The maximum Gasteiger partial charge on any atom is 0.323 e. The van der Waals surface area contributed by atoms with Gasteiger partial charge in [0.05, 0.1) is 79.9 Å². The molecule has 3 saturated heterocycles. The van der Waals surface area contributed by atoms with Crippen LogP contribution in [-0.2, 0) is 0 Å². The lowest BCUT2D eigenvalue weighted by Gasteiger charge is -2.28. The molecule has 12 aromatic carbocycles. The summed E-state index contributed by atoms with van der Waals surface area (Å²) in [7, 11) is 1.59. The van der Waals surface area contributed by atoms with Crippen molar-refractivity contribution < 1.29 is 64.8 Å². The van der Waals surface area contributed by atoms with Crippen LogP contribution >= 0.6 is 34.8 Å². The molecular weight excluding hydrogens is 1820 g/mol. The van der Waals surface area contributed by atoms with Gasteiger partial charge < -0.3 is 96.9 Å². The van der Waals surface area contributed by atoms with Gasteiger partial charge in [-0.1, -0.05) is 40.9 Å². The van der Waals surface area contributed by atoms with E-state index < -0.39 is 47.2 Å². The minimum Gasteiger partial charge on any atom is -0.497 e. The Bertz CT molecular complexity index is 6810. The molecule has 16 aromatic rings. The SMILES string of the molecule is COc1ccc(NC(=O)Nc2cccc(Oc3ccc4nccnc4c3)c2)cc1.O=C(Nc1ccc(Cl)c(F)c1)Nc1ccc(F)c(Oc2ccc3ncc(N4CCNCC4)nc3c2)c1.O=C(Nc1ccc(Cl)cc1)Nc1ccc(F)c(Oc2ccc3ncc(N4CCNCC4)nc3c2)c1.O=C(Nc1ccc(F)c(Cl)c1)Nc1ccc(F)c(Oc2ccc3ncc(N4CCNCC4)nc3c2)c1. The van der Waals surface area contributed by atoms with Gasteiger partial charge in [-0.15, -0.1) is 0 Å². The van der Waals surface area contributed by atoms with Crippen molar-refractivity contribution >= 4 is 166 Å². The quantitative estimate of drug-likeness (QED) is 0.0316. The van der Waals surface area contributed by atoms with Gasteiger partial charge in [-0.25, -0.2) is 56.1 Å². The van der Waals surface area contributed by atoms with Crippen LogP contribution in [-0.4, -0.2) is 150 Å². The predicted molar refractivity (Wildman–Crippen MR) is 517 cm³/mol. The number of nitrogens with one attached hydrogen (secondary N) is 11. The Morgan fingerprint density at radius 2 is 0.610 bits per heavy atom. The number of ether oxygens (including phenoxy) is 5. The van der Waals surface area contributed by atoms with Gasteiger partial charge in [-0.3, -0.25) is 24.9 Å². The number of hydrogen-bond donors (Lipinski definition) is 11. The zero-order chi connectivity index (χ0) is 94.4. The molecule has 31 nitrogen and oxygen atoms in total. The average molecular weight is 1900 g/mol. The Kier molecular flexibility index (Phi) is 30.4. The minimum atomic E-state index is -0.660. The van der Waals surface area contributed by atoms with Crippen LogP contribution in [0.1, 0.15) is 0 Å². The fourth-order valence-electron chi connectivity index (χ4n) is 13.9. The number of anilines is 11. The number of benzene rings is 12. The Balaban J connectivity index is 0.000000132. The number of amides is 8. The summed E-state index contributed by atoms with van der Waals surface area (Å²) in [6.07, 6.45) is 8.53. The van der Waals surface area contributed by atoms with Crippen molar-refractivity contribution in [2.24, 2.45) is 0 Å². The summed E-state index contributed by atoms with van der Waals surface area (Å²) in [6.45, 7) is 10.3. The number of rotatable bonds is 20. The van der Waals surface area contributed by atoms with Gasteiger partial charge in [0, 0.05) is 190 Å². The second-order valence-corrected chi connectivity index (χ2v) is 31.5.